The molecule has 1 aromatic rings. The molecule has 1 aromatic heterocycles. The lowest BCUT2D eigenvalue weighted by Gasteiger charge is -2.39. The van der Waals surface area contributed by atoms with Crippen LogP contribution in [0.5, 0.6) is 0 Å². The van der Waals surface area contributed by atoms with Gasteiger partial charge in [0.25, 0.3) is 11.6 Å². The van der Waals surface area contributed by atoms with E-state index in [0.717, 1.165) is 19.0 Å². The summed E-state index contributed by atoms with van der Waals surface area (Å²) >= 11 is 0. The molecule has 0 radical (unpaired) electrons. The first-order valence-corrected chi connectivity index (χ1v) is 6.85. The monoisotopic (exact) mass is 293 g/mol. The Labute approximate surface area is 122 Å². The van der Waals surface area contributed by atoms with Crippen molar-refractivity contribution in [2.75, 3.05) is 18.0 Å². The molecule has 8 nitrogen and oxygen atoms in total. The van der Waals surface area contributed by atoms with E-state index in [-0.39, 0.29) is 17.3 Å². The summed E-state index contributed by atoms with van der Waals surface area (Å²) in [7, 11) is 0. The Morgan fingerprint density at radius 2 is 2.29 bits per heavy atom. The van der Waals surface area contributed by atoms with Gasteiger partial charge in [0.05, 0.1) is 10.5 Å². The van der Waals surface area contributed by atoms with Gasteiger partial charge in [0, 0.05) is 18.7 Å². The summed E-state index contributed by atoms with van der Waals surface area (Å²) in [5.74, 6) is 0.000871. The zero-order valence-corrected chi connectivity index (χ0v) is 11.9. The summed E-state index contributed by atoms with van der Waals surface area (Å²) in [6.07, 6.45) is 3.10. The molecule has 2 atom stereocenters. The molecule has 0 saturated carbocycles. The fraction of sp³-hybridized carbons (Fsp3) is 0.538. The standard InChI is InChI=1S/C13H19N5O3/c1-8-2-3-9(5-14)7-17(8)13-11(12(15)19)4-10(6-16-13)18(20)21/h4,6,8-9H,2-3,5,7,14H2,1H3,(H2,15,19). The molecule has 2 rings (SSSR count). The maximum Gasteiger partial charge on any atom is 0.288 e. The molecule has 4 N–H and O–H groups in total. The molecule has 1 fully saturated rings. The minimum atomic E-state index is -0.719. The molecule has 21 heavy (non-hydrogen) atoms. The number of carbonyl (C=O) groups excluding carboxylic acids is 1. The van der Waals surface area contributed by atoms with Crippen LogP contribution in [-0.4, -0.2) is 34.9 Å². The molecule has 1 amide bonds. The van der Waals surface area contributed by atoms with Gasteiger partial charge in [-0.25, -0.2) is 4.98 Å². The van der Waals surface area contributed by atoms with Crippen molar-refractivity contribution >= 4 is 17.4 Å². The van der Waals surface area contributed by atoms with Crippen LogP contribution in [0.15, 0.2) is 12.3 Å². The Balaban J connectivity index is 2.41. The highest BCUT2D eigenvalue weighted by molar-refractivity contribution is 5.98. The second kappa shape index (κ2) is 6.04. The van der Waals surface area contributed by atoms with Gasteiger partial charge in [0.2, 0.25) is 0 Å². The van der Waals surface area contributed by atoms with E-state index in [1.54, 1.807) is 0 Å². The number of anilines is 1. The SMILES string of the molecule is CC1CCC(CN)CN1c1ncc([N+](=O)[O-])cc1C(N)=O. The molecule has 2 heterocycles. The van der Waals surface area contributed by atoms with E-state index in [9.17, 15) is 14.9 Å². The van der Waals surface area contributed by atoms with Gasteiger partial charge < -0.3 is 16.4 Å². The van der Waals surface area contributed by atoms with Crippen molar-refractivity contribution in [3.05, 3.63) is 27.9 Å². The van der Waals surface area contributed by atoms with Gasteiger partial charge in [-0.15, -0.1) is 0 Å². The van der Waals surface area contributed by atoms with Crippen LogP contribution in [0.1, 0.15) is 30.1 Å². The fourth-order valence-corrected chi connectivity index (χ4v) is 2.63. The fourth-order valence-electron chi connectivity index (χ4n) is 2.63. The largest absolute Gasteiger partial charge is 0.365 e. The highest BCUT2D eigenvalue weighted by Gasteiger charge is 2.29. The molecule has 2 unspecified atom stereocenters. The Bertz CT molecular complexity index is 563. The van der Waals surface area contributed by atoms with Crippen LogP contribution in [0.3, 0.4) is 0 Å². The number of primary amides is 1. The number of nitrogens with two attached hydrogens (primary N) is 2. The molecule has 1 aliphatic heterocycles. The van der Waals surface area contributed by atoms with Gasteiger partial charge >= 0.3 is 0 Å². The lowest BCUT2D eigenvalue weighted by atomic mass is 9.93. The summed E-state index contributed by atoms with van der Waals surface area (Å²) in [4.78, 5) is 27.9. The highest BCUT2D eigenvalue weighted by atomic mass is 16.6. The second-order valence-corrected chi connectivity index (χ2v) is 5.37. The molecule has 0 aromatic carbocycles. The van der Waals surface area contributed by atoms with Crippen molar-refractivity contribution in [3.63, 3.8) is 0 Å². The summed E-state index contributed by atoms with van der Waals surface area (Å²) < 4.78 is 0. The molecule has 0 aliphatic carbocycles. The predicted molar refractivity (Wildman–Crippen MR) is 78.0 cm³/mol. The minimum absolute atomic E-state index is 0.0775. The number of piperidine rings is 1. The van der Waals surface area contributed by atoms with Crippen LogP contribution >= 0.6 is 0 Å². The third kappa shape index (κ3) is 3.10. The number of hydrogen-bond donors (Lipinski definition) is 2. The van der Waals surface area contributed by atoms with Gasteiger partial charge in [0.1, 0.15) is 12.0 Å². The first-order chi connectivity index (χ1) is 9.93. The Morgan fingerprint density at radius 1 is 1.57 bits per heavy atom. The van der Waals surface area contributed by atoms with Gasteiger partial charge in [0.15, 0.2) is 0 Å². The lowest BCUT2D eigenvalue weighted by Crippen LogP contribution is -2.45. The smallest absolute Gasteiger partial charge is 0.288 e. The molecule has 8 heteroatoms. The van der Waals surface area contributed by atoms with E-state index in [1.165, 1.54) is 6.07 Å². The normalized spacial score (nSPS) is 22.1. The first kappa shape index (κ1) is 15.2. The molecule has 1 aliphatic rings. The van der Waals surface area contributed by atoms with Crippen LogP contribution in [-0.2, 0) is 0 Å². The topological polar surface area (TPSA) is 128 Å². The van der Waals surface area contributed by atoms with Crippen LogP contribution < -0.4 is 16.4 Å². The number of carbonyl (C=O) groups is 1. The maximum atomic E-state index is 11.6. The van der Waals surface area contributed by atoms with Gasteiger partial charge in [-0.1, -0.05) is 0 Å². The Kier molecular flexibility index (Phi) is 4.37. The summed E-state index contributed by atoms with van der Waals surface area (Å²) in [6.45, 7) is 3.26. The second-order valence-electron chi connectivity index (χ2n) is 5.37. The van der Waals surface area contributed by atoms with Crippen molar-refractivity contribution in [1.82, 2.24) is 4.98 Å². The number of pyridine rings is 1. The van der Waals surface area contributed by atoms with E-state index in [4.69, 9.17) is 11.5 Å². The summed E-state index contributed by atoms with van der Waals surface area (Å²) in [6, 6.07) is 1.36. The zero-order chi connectivity index (χ0) is 15.6. The zero-order valence-electron chi connectivity index (χ0n) is 11.9. The molecule has 1 saturated heterocycles. The molecule has 114 valence electrons. The van der Waals surface area contributed by atoms with E-state index in [2.05, 4.69) is 4.98 Å². The van der Waals surface area contributed by atoms with E-state index >= 15 is 0 Å². The van der Waals surface area contributed by atoms with Crippen molar-refractivity contribution in [3.8, 4) is 0 Å². The van der Waals surface area contributed by atoms with E-state index < -0.39 is 10.8 Å². The van der Waals surface area contributed by atoms with Crippen LogP contribution in [0.2, 0.25) is 0 Å². The van der Waals surface area contributed by atoms with Gasteiger partial charge in [-0.3, -0.25) is 14.9 Å². The number of amides is 1. The van der Waals surface area contributed by atoms with Crippen LogP contribution in [0, 0.1) is 16.0 Å². The average molecular weight is 293 g/mol. The maximum absolute atomic E-state index is 11.6. The lowest BCUT2D eigenvalue weighted by molar-refractivity contribution is -0.385. The molecule has 0 bridgehead atoms. The van der Waals surface area contributed by atoms with Crippen molar-refractivity contribution in [2.45, 2.75) is 25.8 Å². The van der Waals surface area contributed by atoms with Gasteiger partial charge in [-0.05, 0) is 32.2 Å². The van der Waals surface area contributed by atoms with Gasteiger partial charge in [-0.2, -0.15) is 0 Å². The summed E-state index contributed by atoms with van der Waals surface area (Å²) in [5, 5.41) is 10.8. The molecular formula is C13H19N5O3. The van der Waals surface area contributed by atoms with Crippen LogP contribution in [0.25, 0.3) is 0 Å². The first-order valence-electron chi connectivity index (χ1n) is 6.85. The number of hydrogen-bond acceptors (Lipinski definition) is 6. The average Bonchev–Trinajstić information content (AvgIpc) is 2.47. The van der Waals surface area contributed by atoms with Crippen molar-refractivity contribution in [2.24, 2.45) is 17.4 Å². The number of rotatable bonds is 4. The number of nitro groups is 1. The van der Waals surface area contributed by atoms with Crippen molar-refractivity contribution < 1.29 is 9.72 Å². The van der Waals surface area contributed by atoms with E-state index in [1.807, 2.05) is 11.8 Å². The highest BCUT2D eigenvalue weighted by Crippen LogP contribution is 2.29. The minimum Gasteiger partial charge on any atom is -0.365 e. The van der Waals surface area contributed by atoms with Crippen molar-refractivity contribution in [1.29, 1.82) is 0 Å². The Morgan fingerprint density at radius 3 is 2.86 bits per heavy atom. The number of aromatic nitrogens is 1. The number of nitrogens with zero attached hydrogens (tertiary/aromatic N) is 3. The quantitative estimate of drug-likeness (QED) is 0.619. The Hall–Kier alpha value is -2.22. The van der Waals surface area contributed by atoms with E-state index in [0.29, 0.717) is 24.8 Å². The summed E-state index contributed by atoms with van der Waals surface area (Å²) in [5.41, 5.74) is 10.9. The van der Waals surface area contributed by atoms with Crippen LogP contribution in [0.4, 0.5) is 11.5 Å². The predicted octanol–water partition coefficient (Wildman–Crippen LogP) is 0.652. The third-order valence-corrected chi connectivity index (χ3v) is 3.91. The third-order valence-electron chi connectivity index (χ3n) is 3.91. The molecular weight excluding hydrogens is 274 g/mol. The molecule has 0 spiro atoms.